The van der Waals surface area contributed by atoms with Crippen molar-refractivity contribution in [3.63, 3.8) is 0 Å². The number of carbonyl (C=O) groups is 1. The van der Waals surface area contributed by atoms with Crippen molar-refractivity contribution in [1.82, 2.24) is 9.88 Å². The Hall–Kier alpha value is -3.67. The van der Waals surface area contributed by atoms with E-state index in [1.807, 2.05) is 19.0 Å². The van der Waals surface area contributed by atoms with Gasteiger partial charge in [0.25, 0.3) is 0 Å². The standard InChI is InChI=1S/C23H21ClFN5O2/c1-30(2)8-4-5-22(31)29-20-10-16-19(11-21(20)32-3)27-13-14(12-26)23(16)28-15-6-7-18(25)17(24)9-15/h4-7,9-11,13H,8H2,1-3H3,(H,27,28)(H,29,31). The topological polar surface area (TPSA) is 90.3 Å². The molecule has 0 radical (unpaired) electrons. The summed E-state index contributed by atoms with van der Waals surface area (Å²) in [5.74, 6) is -0.456. The highest BCUT2D eigenvalue weighted by Crippen LogP contribution is 2.36. The molecule has 0 fully saturated rings. The third-order valence-electron chi connectivity index (χ3n) is 4.50. The molecule has 164 valence electrons. The van der Waals surface area contributed by atoms with Gasteiger partial charge in [-0.2, -0.15) is 5.26 Å². The largest absolute Gasteiger partial charge is 0.494 e. The van der Waals surface area contributed by atoms with Gasteiger partial charge in [0, 0.05) is 36.0 Å². The number of rotatable bonds is 7. The van der Waals surface area contributed by atoms with Gasteiger partial charge in [-0.1, -0.05) is 17.7 Å². The van der Waals surface area contributed by atoms with Gasteiger partial charge in [-0.15, -0.1) is 0 Å². The first kappa shape index (κ1) is 23.0. The van der Waals surface area contributed by atoms with Crippen molar-refractivity contribution in [3.8, 4) is 11.8 Å². The number of methoxy groups -OCH3 is 1. The Kier molecular flexibility index (Phi) is 7.25. The number of hydrogen-bond acceptors (Lipinski definition) is 6. The first-order chi connectivity index (χ1) is 15.3. The van der Waals surface area contributed by atoms with Crippen LogP contribution < -0.4 is 15.4 Å². The zero-order valence-electron chi connectivity index (χ0n) is 17.7. The fraction of sp³-hybridized carbons (Fsp3) is 0.174. The van der Waals surface area contributed by atoms with Gasteiger partial charge >= 0.3 is 0 Å². The molecule has 2 N–H and O–H groups in total. The van der Waals surface area contributed by atoms with E-state index in [0.29, 0.717) is 40.3 Å². The molecule has 1 amide bonds. The number of nitriles is 1. The maximum absolute atomic E-state index is 13.5. The van der Waals surface area contributed by atoms with E-state index in [-0.39, 0.29) is 16.5 Å². The molecule has 0 saturated heterocycles. The number of nitrogens with zero attached hydrogens (tertiary/aromatic N) is 3. The average Bonchev–Trinajstić information content (AvgIpc) is 2.76. The fourth-order valence-corrected chi connectivity index (χ4v) is 3.15. The van der Waals surface area contributed by atoms with Gasteiger partial charge in [0.15, 0.2) is 0 Å². The third-order valence-corrected chi connectivity index (χ3v) is 4.79. The molecule has 1 heterocycles. The van der Waals surface area contributed by atoms with Crippen molar-refractivity contribution >= 4 is 45.5 Å². The number of pyridine rings is 1. The number of anilines is 3. The van der Waals surface area contributed by atoms with E-state index < -0.39 is 5.82 Å². The highest BCUT2D eigenvalue weighted by atomic mass is 35.5. The summed E-state index contributed by atoms with van der Waals surface area (Å²) in [6, 6.07) is 9.60. The average molecular weight is 454 g/mol. The van der Waals surface area contributed by atoms with Crippen molar-refractivity contribution in [2.75, 3.05) is 38.4 Å². The second-order valence-electron chi connectivity index (χ2n) is 7.14. The maximum Gasteiger partial charge on any atom is 0.248 e. The van der Waals surface area contributed by atoms with Crippen molar-refractivity contribution in [2.45, 2.75) is 0 Å². The summed E-state index contributed by atoms with van der Waals surface area (Å²) >= 11 is 5.89. The molecule has 7 nitrogen and oxygen atoms in total. The number of amides is 1. The Balaban J connectivity index is 2.05. The lowest BCUT2D eigenvalue weighted by Gasteiger charge is -2.15. The molecule has 32 heavy (non-hydrogen) atoms. The number of likely N-dealkylation sites (N-methyl/N-ethyl adjacent to an activating group) is 1. The van der Waals surface area contributed by atoms with Crippen LogP contribution in [0.2, 0.25) is 5.02 Å². The highest BCUT2D eigenvalue weighted by Gasteiger charge is 2.15. The zero-order valence-corrected chi connectivity index (χ0v) is 18.5. The highest BCUT2D eigenvalue weighted by molar-refractivity contribution is 6.31. The van der Waals surface area contributed by atoms with Gasteiger partial charge in [-0.05, 0) is 38.4 Å². The van der Waals surface area contributed by atoms with Gasteiger partial charge in [-0.3, -0.25) is 9.78 Å². The van der Waals surface area contributed by atoms with Gasteiger partial charge in [0.05, 0.1) is 34.6 Å². The summed E-state index contributed by atoms with van der Waals surface area (Å²) in [6.07, 6.45) is 4.61. The van der Waals surface area contributed by atoms with Crippen molar-refractivity contribution in [1.29, 1.82) is 5.26 Å². The van der Waals surface area contributed by atoms with Crippen LogP contribution in [0.15, 0.2) is 48.7 Å². The molecule has 1 aromatic heterocycles. The normalized spacial score (nSPS) is 11.0. The van der Waals surface area contributed by atoms with E-state index in [0.717, 1.165) is 0 Å². The van der Waals surface area contributed by atoms with Crippen molar-refractivity contribution in [2.24, 2.45) is 0 Å². The molecule has 0 aliphatic rings. The molecular formula is C23H21ClFN5O2. The van der Waals surface area contributed by atoms with Crippen LogP contribution in [0.25, 0.3) is 10.9 Å². The van der Waals surface area contributed by atoms with Gasteiger partial charge in [-0.25, -0.2) is 4.39 Å². The SMILES string of the molecule is COc1cc2ncc(C#N)c(Nc3ccc(F)c(Cl)c3)c2cc1NC(=O)C=CCN(C)C. The Morgan fingerprint density at radius 1 is 1.34 bits per heavy atom. The summed E-state index contributed by atoms with van der Waals surface area (Å²) in [6.45, 7) is 0.617. The number of ether oxygens (including phenoxy) is 1. The van der Waals surface area contributed by atoms with E-state index in [4.69, 9.17) is 16.3 Å². The summed E-state index contributed by atoms with van der Waals surface area (Å²) in [5.41, 5.74) is 2.16. The molecule has 0 saturated carbocycles. The van der Waals surface area contributed by atoms with Crippen LogP contribution in [0, 0.1) is 17.1 Å². The Bertz CT molecular complexity index is 1240. The predicted octanol–water partition coefficient (Wildman–Crippen LogP) is 4.71. The van der Waals surface area contributed by atoms with E-state index in [1.165, 1.54) is 37.6 Å². The molecule has 0 unspecified atom stereocenters. The van der Waals surface area contributed by atoms with Crippen molar-refractivity contribution < 1.29 is 13.9 Å². The minimum Gasteiger partial charge on any atom is -0.494 e. The summed E-state index contributed by atoms with van der Waals surface area (Å²) < 4.78 is 19.0. The molecular weight excluding hydrogens is 433 g/mol. The van der Waals surface area contributed by atoms with Crippen LogP contribution in [0.3, 0.4) is 0 Å². The maximum atomic E-state index is 13.5. The fourth-order valence-electron chi connectivity index (χ4n) is 2.97. The minimum atomic E-state index is -0.547. The predicted molar refractivity (Wildman–Crippen MR) is 124 cm³/mol. The number of fused-ring (bicyclic) bond motifs is 1. The first-order valence-corrected chi connectivity index (χ1v) is 9.95. The summed E-state index contributed by atoms with van der Waals surface area (Å²) in [5, 5.41) is 16.0. The number of hydrogen-bond donors (Lipinski definition) is 2. The Morgan fingerprint density at radius 2 is 2.12 bits per heavy atom. The molecule has 0 aliphatic carbocycles. The number of nitrogens with one attached hydrogen (secondary N) is 2. The summed E-state index contributed by atoms with van der Waals surface area (Å²) in [7, 11) is 5.29. The number of aromatic nitrogens is 1. The zero-order chi connectivity index (χ0) is 23.3. The lowest BCUT2D eigenvalue weighted by Crippen LogP contribution is -2.13. The van der Waals surface area contributed by atoms with Gasteiger partial charge in [0.1, 0.15) is 17.6 Å². The van der Waals surface area contributed by atoms with Crippen LogP contribution in [-0.4, -0.2) is 43.5 Å². The van der Waals surface area contributed by atoms with E-state index in [9.17, 15) is 14.4 Å². The van der Waals surface area contributed by atoms with Crippen molar-refractivity contribution in [3.05, 3.63) is 65.1 Å². The number of carbonyl (C=O) groups excluding carboxylic acids is 1. The van der Waals surface area contributed by atoms with E-state index in [2.05, 4.69) is 21.7 Å². The Morgan fingerprint density at radius 3 is 2.78 bits per heavy atom. The molecule has 0 bridgehead atoms. The third kappa shape index (κ3) is 5.32. The van der Waals surface area contributed by atoms with Gasteiger partial charge < -0.3 is 20.3 Å². The number of halogens is 2. The molecule has 3 rings (SSSR count). The quantitative estimate of drug-likeness (QED) is 0.503. The monoisotopic (exact) mass is 453 g/mol. The van der Waals surface area contributed by atoms with Crippen LogP contribution in [-0.2, 0) is 4.79 Å². The first-order valence-electron chi connectivity index (χ1n) is 9.57. The Labute approximate surface area is 190 Å². The minimum absolute atomic E-state index is 0.0500. The summed E-state index contributed by atoms with van der Waals surface area (Å²) in [4.78, 5) is 18.6. The lowest BCUT2D eigenvalue weighted by molar-refractivity contribution is -0.111. The van der Waals surface area contributed by atoms with Crippen LogP contribution >= 0.6 is 11.6 Å². The molecule has 2 aromatic carbocycles. The number of benzene rings is 2. The van der Waals surface area contributed by atoms with Crippen LogP contribution in [0.5, 0.6) is 5.75 Å². The smallest absolute Gasteiger partial charge is 0.248 e. The molecule has 0 aliphatic heterocycles. The second kappa shape index (κ2) is 10.1. The molecule has 3 aromatic rings. The second-order valence-corrected chi connectivity index (χ2v) is 7.54. The van der Waals surface area contributed by atoms with Gasteiger partial charge in [0.2, 0.25) is 5.91 Å². The van der Waals surface area contributed by atoms with Crippen LogP contribution in [0.4, 0.5) is 21.5 Å². The van der Waals surface area contributed by atoms with Crippen LogP contribution in [0.1, 0.15) is 5.56 Å². The molecule has 9 heteroatoms. The molecule has 0 atom stereocenters. The van der Waals surface area contributed by atoms with E-state index >= 15 is 0 Å². The lowest BCUT2D eigenvalue weighted by atomic mass is 10.1. The van der Waals surface area contributed by atoms with E-state index in [1.54, 1.807) is 18.2 Å². The molecule has 0 spiro atoms.